The molecular formula is C11H15FN2O3S. The number of ether oxygens (including phenoxy) is 1. The summed E-state index contributed by atoms with van der Waals surface area (Å²) < 4.78 is 44.5. The average Bonchev–Trinajstić information content (AvgIpc) is 2.74. The van der Waals surface area contributed by atoms with Crippen LogP contribution < -0.4 is 0 Å². The molecular weight excluding hydrogens is 259 g/mol. The number of sulfonamides is 1. The predicted molar refractivity (Wildman–Crippen MR) is 63.0 cm³/mol. The minimum absolute atomic E-state index is 0.198. The van der Waals surface area contributed by atoms with E-state index >= 15 is 0 Å². The highest BCUT2D eigenvalue weighted by Crippen LogP contribution is 2.24. The molecule has 1 aliphatic heterocycles. The summed E-state index contributed by atoms with van der Waals surface area (Å²) in [6, 6.07) is 2.16. The third-order valence-corrected chi connectivity index (χ3v) is 4.97. The van der Waals surface area contributed by atoms with Crippen LogP contribution in [-0.2, 0) is 14.8 Å². The van der Waals surface area contributed by atoms with Crippen LogP contribution in [0.1, 0.15) is 13.3 Å². The molecule has 0 amide bonds. The molecule has 5 nitrogen and oxygen atoms in total. The Kier molecular flexibility index (Phi) is 3.65. The van der Waals surface area contributed by atoms with E-state index < -0.39 is 20.9 Å². The van der Waals surface area contributed by atoms with Gasteiger partial charge in [0, 0.05) is 19.9 Å². The molecule has 1 saturated heterocycles. The molecule has 1 aromatic heterocycles. The van der Waals surface area contributed by atoms with E-state index in [-0.39, 0.29) is 12.1 Å². The van der Waals surface area contributed by atoms with E-state index in [2.05, 4.69) is 4.98 Å². The molecule has 0 spiro atoms. The molecule has 0 aliphatic carbocycles. The van der Waals surface area contributed by atoms with Gasteiger partial charge in [0.05, 0.1) is 12.1 Å². The summed E-state index contributed by atoms with van der Waals surface area (Å²) in [6.07, 6.45) is 1.67. The van der Waals surface area contributed by atoms with Crippen LogP contribution in [-0.4, -0.2) is 43.5 Å². The fourth-order valence-corrected chi connectivity index (χ4v) is 3.49. The summed E-state index contributed by atoms with van der Waals surface area (Å²) >= 11 is 0. The molecule has 1 fully saturated rings. The van der Waals surface area contributed by atoms with Gasteiger partial charge in [0.25, 0.3) is 10.0 Å². The number of aromatic nitrogens is 1. The van der Waals surface area contributed by atoms with Gasteiger partial charge >= 0.3 is 0 Å². The Labute approximate surface area is 106 Å². The second-order valence-corrected chi connectivity index (χ2v) is 6.16. The molecule has 18 heavy (non-hydrogen) atoms. The van der Waals surface area contributed by atoms with E-state index in [1.54, 1.807) is 6.92 Å². The van der Waals surface area contributed by atoms with Crippen molar-refractivity contribution in [3.63, 3.8) is 0 Å². The largest absolute Gasteiger partial charge is 0.377 e. The molecule has 1 aliphatic rings. The zero-order valence-corrected chi connectivity index (χ0v) is 11.0. The molecule has 0 N–H and O–H groups in total. The van der Waals surface area contributed by atoms with Crippen LogP contribution >= 0.6 is 0 Å². The summed E-state index contributed by atoms with van der Waals surface area (Å²) in [6.45, 7) is 2.31. The monoisotopic (exact) mass is 274 g/mol. The Balaban J connectivity index is 2.34. The van der Waals surface area contributed by atoms with E-state index in [0.717, 1.165) is 10.4 Å². The van der Waals surface area contributed by atoms with Crippen LogP contribution in [0.4, 0.5) is 4.39 Å². The number of rotatable bonds is 3. The first-order valence-corrected chi connectivity index (χ1v) is 7.08. The van der Waals surface area contributed by atoms with Crippen molar-refractivity contribution < 1.29 is 17.5 Å². The molecule has 7 heteroatoms. The Morgan fingerprint density at radius 1 is 1.56 bits per heavy atom. The standard InChI is InChI=1S/C11H15FN2O3S/c1-8-10(5-7-17-8)14(2)18(15,16)11-9(12)4-3-6-13-11/h3-4,6,8,10H,5,7H2,1-2H3. The van der Waals surface area contributed by atoms with Gasteiger partial charge in [-0.05, 0) is 25.5 Å². The topological polar surface area (TPSA) is 59.5 Å². The second-order valence-electron chi connectivity index (χ2n) is 4.24. The van der Waals surface area contributed by atoms with Crippen LogP contribution in [0, 0.1) is 5.82 Å². The SMILES string of the molecule is CC1OCCC1N(C)S(=O)(=O)c1ncccc1F. The van der Waals surface area contributed by atoms with Crippen LogP contribution in [0.5, 0.6) is 0 Å². The predicted octanol–water partition coefficient (Wildman–Crippen LogP) is 1.02. The van der Waals surface area contributed by atoms with Gasteiger partial charge in [-0.3, -0.25) is 0 Å². The zero-order valence-electron chi connectivity index (χ0n) is 10.2. The van der Waals surface area contributed by atoms with Gasteiger partial charge in [0.1, 0.15) is 0 Å². The van der Waals surface area contributed by atoms with Crippen LogP contribution in [0.3, 0.4) is 0 Å². The third-order valence-electron chi connectivity index (χ3n) is 3.15. The fourth-order valence-electron chi connectivity index (χ4n) is 2.07. The summed E-state index contributed by atoms with van der Waals surface area (Å²) in [7, 11) is -2.49. The molecule has 100 valence electrons. The van der Waals surface area contributed by atoms with Gasteiger partial charge < -0.3 is 4.74 Å². The summed E-state index contributed by atoms with van der Waals surface area (Å²) in [4.78, 5) is 3.62. The van der Waals surface area contributed by atoms with Gasteiger partial charge in [0.2, 0.25) is 5.03 Å². The smallest absolute Gasteiger partial charge is 0.263 e. The van der Waals surface area contributed by atoms with Crippen molar-refractivity contribution in [2.75, 3.05) is 13.7 Å². The maximum absolute atomic E-state index is 13.5. The quantitative estimate of drug-likeness (QED) is 0.825. The number of likely N-dealkylation sites (N-methyl/N-ethyl adjacent to an activating group) is 1. The highest BCUT2D eigenvalue weighted by atomic mass is 32.2. The zero-order chi connectivity index (χ0) is 13.3. The van der Waals surface area contributed by atoms with Crippen molar-refractivity contribution in [2.45, 2.75) is 30.5 Å². The highest BCUT2D eigenvalue weighted by Gasteiger charge is 2.37. The van der Waals surface area contributed by atoms with Crippen LogP contribution in [0.25, 0.3) is 0 Å². The maximum atomic E-state index is 13.5. The fraction of sp³-hybridized carbons (Fsp3) is 0.545. The third kappa shape index (κ3) is 2.25. The first-order chi connectivity index (χ1) is 8.44. The Morgan fingerprint density at radius 3 is 2.83 bits per heavy atom. The first kappa shape index (κ1) is 13.4. The van der Waals surface area contributed by atoms with Crippen molar-refractivity contribution in [2.24, 2.45) is 0 Å². The van der Waals surface area contributed by atoms with Crippen LogP contribution in [0.2, 0.25) is 0 Å². The normalized spacial score (nSPS) is 24.7. The first-order valence-electron chi connectivity index (χ1n) is 5.64. The molecule has 2 rings (SSSR count). The molecule has 0 bridgehead atoms. The average molecular weight is 274 g/mol. The molecule has 0 saturated carbocycles. The number of nitrogens with zero attached hydrogens (tertiary/aromatic N) is 2. The van der Waals surface area contributed by atoms with Gasteiger partial charge in [-0.15, -0.1) is 0 Å². The van der Waals surface area contributed by atoms with Gasteiger partial charge in [-0.2, -0.15) is 4.31 Å². The molecule has 1 aromatic rings. The summed E-state index contributed by atoms with van der Waals surface area (Å²) in [5.74, 6) is -0.837. The minimum Gasteiger partial charge on any atom is -0.377 e. The Hall–Kier alpha value is -1.05. The molecule has 0 radical (unpaired) electrons. The Morgan fingerprint density at radius 2 is 2.28 bits per heavy atom. The Bertz CT molecular complexity index is 535. The van der Waals surface area contributed by atoms with Crippen molar-refractivity contribution in [1.82, 2.24) is 9.29 Å². The lowest BCUT2D eigenvalue weighted by Gasteiger charge is -2.25. The van der Waals surface area contributed by atoms with E-state index in [1.165, 1.54) is 19.3 Å². The van der Waals surface area contributed by atoms with Gasteiger partial charge in [-0.25, -0.2) is 17.8 Å². The number of hydrogen-bond donors (Lipinski definition) is 0. The second kappa shape index (κ2) is 4.91. The van der Waals surface area contributed by atoms with Crippen LogP contribution in [0.15, 0.2) is 23.4 Å². The summed E-state index contributed by atoms with van der Waals surface area (Å²) in [5, 5.41) is -0.536. The van der Waals surface area contributed by atoms with E-state index in [1.807, 2.05) is 0 Å². The molecule has 2 heterocycles. The van der Waals surface area contributed by atoms with Crippen molar-refractivity contribution in [1.29, 1.82) is 0 Å². The molecule has 0 aromatic carbocycles. The number of halogens is 1. The van der Waals surface area contributed by atoms with E-state index in [0.29, 0.717) is 13.0 Å². The van der Waals surface area contributed by atoms with E-state index in [9.17, 15) is 12.8 Å². The summed E-state index contributed by atoms with van der Waals surface area (Å²) in [5.41, 5.74) is 0. The van der Waals surface area contributed by atoms with Crippen molar-refractivity contribution in [3.8, 4) is 0 Å². The highest BCUT2D eigenvalue weighted by molar-refractivity contribution is 7.89. The van der Waals surface area contributed by atoms with Gasteiger partial charge in [-0.1, -0.05) is 0 Å². The lowest BCUT2D eigenvalue weighted by molar-refractivity contribution is 0.102. The number of pyridine rings is 1. The van der Waals surface area contributed by atoms with Crippen molar-refractivity contribution in [3.05, 3.63) is 24.1 Å². The lowest BCUT2D eigenvalue weighted by atomic mass is 10.2. The van der Waals surface area contributed by atoms with Crippen molar-refractivity contribution >= 4 is 10.0 Å². The van der Waals surface area contributed by atoms with Gasteiger partial charge in [0.15, 0.2) is 5.82 Å². The number of hydrogen-bond acceptors (Lipinski definition) is 4. The van der Waals surface area contributed by atoms with E-state index in [4.69, 9.17) is 4.74 Å². The molecule has 2 unspecified atom stereocenters. The molecule has 2 atom stereocenters. The lowest BCUT2D eigenvalue weighted by Crippen LogP contribution is -2.41. The minimum atomic E-state index is -3.92. The maximum Gasteiger partial charge on any atom is 0.263 e.